The van der Waals surface area contributed by atoms with Crippen LogP contribution in [0.5, 0.6) is 0 Å². The number of hydrogen-bond donors (Lipinski definition) is 2. The summed E-state index contributed by atoms with van der Waals surface area (Å²) in [4.78, 5) is 4.98. The molecule has 0 atom stereocenters. The van der Waals surface area contributed by atoms with E-state index in [1.807, 2.05) is 31.2 Å². The van der Waals surface area contributed by atoms with Gasteiger partial charge in [0.2, 0.25) is 0 Å². The topological polar surface area (TPSA) is 50.9 Å². The zero-order chi connectivity index (χ0) is 15.0. The van der Waals surface area contributed by atoms with Crippen LogP contribution < -0.4 is 11.1 Å². The van der Waals surface area contributed by atoms with E-state index in [4.69, 9.17) is 18.0 Å². The molecule has 3 nitrogen and oxygen atoms in total. The highest BCUT2D eigenvalue weighted by molar-refractivity contribution is 7.80. The lowest BCUT2D eigenvalue weighted by atomic mass is 10.1. The molecule has 0 bridgehead atoms. The summed E-state index contributed by atoms with van der Waals surface area (Å²) in [6, 6.07) is 12.3. The standard InChI is InChI=1S/C16H15N3S2/c1-9-3-5-12(11(7-9)15(17)20)18-16-19-13-6-4-10(2)8-14(13)21-16/h3-8H,1-2H3,(H2,17,20)(H,18,19). The lowest BCUT2D eigenvalue weighted by Gasteiger charge is -2.09. The van der Waals surface area contributed by atoms with Gasteiger partial charge in [-0.1, -0.05) is 41.3 Å². The van der Waals surface area contributed by atoms with Gasteiger partial charge in [-0.15, -0.1) is 0 Å². The number of benzene rings is 2. The molecule has 5 heteroatoms. The molecule has 21 heavy (non-hydrogen) atoms. The van der Waals surface area contributed by atoms with E-state index < -0.39 is 0 Å². The Morgan fingerprint density at radius 3 is 2.62 bits per heavy atom. The van der Waals surface area contributed by atoms with Gasteiger partial charge in [0, 0.05) is 5.56 Å². The molecule has 106 valence electrons. The fraction of sp³-hybridized carbons (Fsp3) is 0.125. The first-order chi connectivity index (χ1) is 10.0. The van der Waals surface area contributed by atoms with Gasteiger partial charge >= 0.3 is 0 Å². The van der Waals surface area contributed by atoms with Gasteiger partial charge in [0.05, 0.1) is 15.9 Å². The van der Waals surface area contributed by atoms with Crippen LogP contribution in [0.2, 0.25) is 0 Å². The number of aryl methyl sites for hydroxylation is 2. The fourth-order valence-electron chi connectivity index (χ4n) is 2.17. The molecule has 0 aliphatic heterocycles. The van der Waals surface area contributed by atoms with Crippen molar-refractivity contribution >= 4 is 49.6 Å². The molecular weight excluding hydrogens is 298 g/mol. The van der Waals surface area contributed by atoms with Crippen LogP contribution in [0, 0.1) is 13.8 Å². The van der Waals surface area contributed by atoms with E-state index in [1.165, 1.54) is 10.3 Å². The maximum atomic E-state index is 5.81. The highest BCUT2D eigenvalue weighted by Gasteiger charge is 2.09. The third-order valence-electron chi connectivity index (χ3n) is 3.23. The smallest absolute Gasteiger partial charge is 0.188 e. The van der Waals surface area contributed by atoms with Gasteiger partial charge in [-0.2, -0.15) is 0 Å². The van der Waals surface area contributed by atoms with Crippen molar-refractivity contribution in [1.29, 1.82) is 0 Å². The minimum Gasteiger partial charge on any atom is -0.389 e. The van der Waals surface area contributed by atoms with Crippen LogP contribution in [0.25, 0.3) is 10.2 Å². The van der Waals surface area contributed by atoms with E-state index in [9.17, 15) is 0 Å². The lowest BCUT2D eigenvalue weighted by molar-refractivity contribution is 1.40. The van der Waals surface area contributed by atoms with Crippen LogP contribution in [0.15, 0.2) is 36.4 Å². The van der Waals surface area contributed by atoms with Crippen molar-refractivity contribution in [2.75, 3.05) is 5.32 Å². The SMILES string of the molecule is Cc1ccc(Nc2nc3ccc(C)cc3s2)c(C(N)=S)c1. The molecule has 2 aromatic carbocycles. The number of fused-ring (bicyclic) bond motifs is 1. The Bertz CT molecular complexity index is 837. The van der Waals surface area contributed by atoms with Gasteiger partial charge in [0.1, 0.15) is 4.99 Å². The van der Waals surface area contributed by atoms with Crippen LogP contribution in [0.1, 0.15) is 16.7 Å². The Morgan fingerprint density at radius 2 is 1.86 bits per heavy atom. The zero-order valence-electron chi connectivity index (χ0n) is 11.8. The lowest BCUT2D eigenvalue weighted by Crippen LogP contribution is -2.12. The molecule has 0 unspecified atom stereocenters. The van der Waals surface area contributed by atoms with Gasteiger partial charge in [0.25, 0.3) is 0 Å². The Balaban J connectivity index is 2.00. The summed E-state index contributed by atoms with van der Waals surface area (Å²) in [6.07, 6.45) is 0. The van der Waals surface area contributed by atoms with Crippen molar-refractivity contribution < 1.29 is 0 Å². The quantitative estimate of drug-likeness (QED) is 0.708. The highest BCUT2D eigenvalue weighted by atomic mass is 32.1. The molecule has 3 N–H and O–H groups in total. The number of thiocarbonyl (C=S) groups is 1. The number of rotatable bonds is 3. The van der Waals surface area contributed by atoms with E-state index in [0.717, 1.165) is 27.5 Å². The van der Waals surface area contributed by atoms with Crippen molar-refractivity contribution in [1.82, 2.24) is 4.98 Å². The largest absolute Gasteiger partial charge is 0.389 e. The molecule has 0 amide bonds. The second-order valence-corrected chi connectivity index (χ2v) is 6.50. The van der Waals surface area contributed by atoms with Gasteiger partial charge in [0.15, 0.2) is 5.13 Å². The Hall–Kier alpha value is -1.98. The van der Waals surface area contributed by atoms with E-state index in [-0.39, 0.29) is 0 Å². The van der Waals surface area contributed by atoms with Gasteiger partial charge in [-0.3, -0.25) is 0 Å². The predicted octanol–water partition coefficient (Wildman–Crippen LogP) is 4.29. The maximum absolute atomic E-state index is 5.81. The van der Waals surface area contributed by atoms with Crippen LogP contribution in [-0.2, 0) is 0 Å². The summed E-state index contributed by atoms with van der Waals surface area (Å²) in [7, 11) is 0. The molecule has 0 fully saturated rings. The van der Waals surface area contributed by atoms with E-state index in [2.05, 4.69) is 29.4 Å². The molecule has 0 saturated heterocycles. The molecule has 1 heterocycles. The molecule has 3 rings (SSSR count). The summed E-state index contributed by atoms with van der Waals surface area (Å²) in [5, 5.41) is 4.17. The van der Waals surface area contributed by atoms with E-state index in [0.29, 0.717) is 4.99 Å². The fourth-order valence-corrected chi connectivity index (χ4v) is 3.32. The number of nitrogens with two attached hydrogens (primary N) is 1. The number of nitrogens with zero attached hydrogens (tertiary/aromatic N) is 1. The Morgan fingerprint density at radius 1 is 1.14 bits per heavy atom. The Kier molecular flexibility index (Phi) is 3.61. The van der Waals surface area contributed by atoms with Crippen molar-refractivity contribution in [3.05, 3.63) is 53.1 Å². The van der Waals surface area contributed by atoms with Crippen molar-refractivity contribution in [2.45, 2.75) is 13.8 Å². The molecule has 0 aliphatic carbocycles. The summed E-state index contributed by atoms with van der Waals surface area (Å²) in [5.41, 5.74) is 10.9. The average Bonchev–Trinajstić information content (AvgIpc) is 2.82. The Labute approximate surface area is 132 Å². The van der Waals surface area contributed by atoms with Crippen molar-refractivity contribution in [3.8, 4) is 0 Å². The van der Waals surface area contributed by atoms with Crippen LogP contribution in [0.3, 0.4) is 0 Å². The first kappa shape index (κ1) is 14.0. The van der Waals surface area contributed by atoms with Gasteiger partial charge < -0.3 is 11.1 Å². The number of nitrogens with one attached hydrogen (secondary N) is 1. The molecule has 3 aromatic rings. The molecular formula is C16H15N3S2. The third-order valence-corrected chi connectivity index (χ3v) is 4.38. The minimum absolute atomic E-state index is 0.387. The first-order valence-corrected chi connectivity index (χ1v) is 7.80. The molecule has 0 aliphatic rings. The second-order valence-electron chi connectivity index (χ2n) is 5.03. The average molecular weight is 313 g/mol. The number of aromatic nitrogens is 1. The number of hydrogen-bond acceptors (Lipinski definition) is 4. The third kappa shape index (κ3) is 2.89. The van der Waals surface area contributed by atoms with Gasteiger partial charge in [-0.05, 0) is 43.7 Å². The van der Waals surface area contributed by atoms with E-state index in [1.54, 1.807) is 11.3 Å². The molecule has 0 radical (unpaired) electrons. The summed E-state index contributed by atoms with van der Waals surface area (Å²) in [6.45, 7) is 4.10. The van der Waals surface area contributed by atoms with Crippen LogP contribution in [-0.4, -0.2) is 9.97 Å². The maximum Gasteiger partial charge on any atom is 0.188 e. The number of thiazole rings is 1. The highest BCUT2D eigenvalue weighted by Crippen LogP contribution is 2.30. The van der Waals surface area contributed by atoms with E-state index >= 15 is 0 Å². The van der Waals surface area contributed by atoms with Crippen LogP contribution >= 0.6 is 23.6 Å². The summed E-state index contributed by atoms with van der Waals surface area (Å²) >= 11 is 6.75. The molecule has 0 spiro atoms. The first-order valence-electron chi connectivity index (χ1n) is 6.57. The summed E-state index contributed by atoms with van der Waals surface area (Å²) in [5.74, 6) is 0. The molecule has 1 aromatic heterocycles. The van der Waals surface area contributed by atoms with Crippen LogP contribution in [0.4, 0.5) is 10.8 Å². The normalized spacial score (nSPS) is 10.8. The van der Waals surface area contributed by atoms with Crippen molar-refractivity contribution in [2.24, 2.45) is 5.73 Å². The van der Waals surface area contributed by atoms with Gasteiger partial charge in [-0.25, -0.2) is 4.98 Å². The minimum atomic E-state index is 0.387. The number of anilines is 2. The van der Waals surface area contributed by atoms with Crippen molar-refractivity contribution in [3.63, 3.8) is 0 Å². The second kappa shape index (κ2) is 5.42. The predicted molar refractivity (Wildman–Crippen MR) is 94.7 cm³/mol. The molecule has 0 saturated carbocycles. The summed E-state index contributed by atoms with van der Waals surface area (Å²) < 4.78 is 1.17. The zero-order valence-corrected chi connectivity index (χ0v) is 13.4. The monoisotopic (exact) mass is 313 g/mol.